The van der Waals surface area contributed by atoms with Crippen LogP contribution in [0.5, 0.6) is 5.75 Å². The molecule has 0 fully saturated rings. The van der Waals surface area contributed by atoms with Crippen LogP contribution < -0.4 is 0 Å². The summed E-state index contributed by atoms with van der Waals surface area (Å²) in [6, 6.07) is 2.47. The summed E-state index contributed by atoms with van der Waals surface area (Å²) < 4.78 is 41.5. The molecule has 1 N–H and O–H groups in total. The minimum atomic E-state index is -4.51. The fraction of sp³-hybridized carbons (Fsp3) is 0.364. The van der Waals surface area contributed by atoms with Crippen LogP contribution in [-0.4, -0.2) is 17.7 Å². The first-order valence-corrected chi connectivity index (χ1v) is 4.89. The van der Waals surface area contributed by atoms with E-state index in [2.05, 4.69) is 4.74 Å². The number of halogens is 3. The van der Waals surface area contributed by atoms with Crippen molar-refractivity contribution in [2.45, 2.75) is 19.5 Å². The Kier molecular flexibility index (Phi) is 3.98. The molecule has 0 aliphatic rings. The molecular formula is C11H11F3O3. The summed E-state index contributed by atoms with van der Waals surface area (Å²) in [6.45, 7) is 1.80. The number of carbonyl (C=O) groups is 1. The molecule has 0 atom stereocenters. The Morgan fingerprint density at radius 3 is 2.53 bits per heavy atom. The predicted molar refractivity (Wildman–Crippen MR) is 53.4 cm³/mol. The van der Waals surface area contributed by atoms with Crippen molar-refractivity contribution in [3.8, 4) is 5.75 Å². The fourth-order valence-electron chi connectivity index (χ4n) is 1.26. The van der Waals surface area contributed by atoms with E-state index in [4.69, 9.17) is 0 Å². The second-order valence-electron chi connectivity index (χ2n) is 3.32. The average Bonchev–Trinajstić information content (AvgIpc) is 2.20. The van der Waals surface area contributed by atoms with Gasteiger partial charge in [-0.15, -0.1) is 0 Å². The molecule has 0 saturated carbocycles. The van der Waals surface area contributed by atoms with E-state index < -0.39 is 23.5 Å². The number of hydrogen-bond acceptors (Lipinski definition) is 3. The van der Waals surface area contributed by atoms with Crippen molar-refractivity contribution < 1.29 is 27.8 Å². The van der Waals surface area contributed by atoms with Crippen molar-refractivity contribution in [3.05, 3.63) is 29.3 Å². The number of carbonyl (C=O) groups excluding carboxylic acids is 1. The van der Waals surface area contributed by atoms with Crippen LogP contribution in [0.4, 0.5) is 13.2 Å². The minimum Gasteiger partial charge on any atom is -0.508 e. The summed E-state index contributed by atoms with van der Waals surface area (Å²) in [5.41, 5.74) is -0.848. The molecule has 1 aromatic rings. The average molecular weight is 248 g/mol. The normalized spacial score (nSPS) is 11.3. The van der Waals surface area contributed by atoms with Crippen LogP contribution in [0.2, 0.25) is 0 Å². The Morgan fingerprint density at radius 2 is 2.06 bits per heavy atom. The third-order valence-electron chi connectivity index (χ3n) is 2.05. The first kappa shape index (κ1) is 13.3. The van der Waals surface area contributed by atoms with Gasteiger partial charge in [-0.05, 0) is 19.1 Å². The number of aromatic hydroxyl groups is 1. The lowest BCUT2D eigenvalue weighted by Crippen LogP contribution is -2.09. The Morgan fingerprint density at radius 1 is 1.41 bits per heavy atom. The van der Waals surface area contributed by atoms with Crippen LogP contribution >= 0.6 is 0 Å². The molecule has 0 saturated heterocycles. The maximum atomic E-state index is 12.3. The number of phenolic OH excluding ortho intramolecular Hbond substituents is 1. The molecule has 0 heterocycles. The number of benzene rings is 1. The minimum absolute atomic E-state index is 0.108. The van der Waals surface area contributed by atoms with Gasteiger partial charge < -0.3 is 9.84 Å². The first-order valence-electron chi connectivity index (χ1n) is 4.89. The zero-order chi connectivity index (χ0) is 13.1. The highest BCUT2D eigenvalue weighted by atomic mass is 19.4. The first-order chi connectivity index (χ1) is 7.84. The van der Waals surface area contributed by atoms with Crippen molar-refractivity contribution in [2.75, 3.05) is 6.61 Å². The third-order valence-corrected chi connectivity index (χ3v) is 2.05. The molecule has 1 aromatic carbocycles. The lowest BCUT2D eigenvalue weighted by Gasteiger charge is -2.09. The topological polar surface area (TPSA) is 46.5 Å². The SMILES string of the molecule is CCOC(=O)Cc1ccc(C(F)(F)F)cc1O. The van der Waals surface area contributed by atoms with Crippen LogP contribution in [0.25, 0.3) is 0 Å². The van der Waals surface area contributed by atoms with Crippen molar-refractivity contribution in [1.29, 1.82) is 0 Å². The number of ether oxygens (including phenoxy) is 1. The molecule has 0 spiro atoms. The van der Waals surface area contributed by atoms with Crippen LogP contribution in [0.15, 0.2) is 18.2 Å². The quantitative estimate of drug-likeness (QED) is 0.836. The van der Waals surface area contributed by atoms with E-state index in [-0.39, 0.29) is 18.6 Å². The highest BCUT2D eigenvalue weighted by molar-refractivity contribution is 5.73. The Hall–Kier alpha value is -1.72. The molecule has 0 radical (unpaired) electrons. The van der Waals surface area contributed by atoms with Crippen LogP contribution in [0.1, 0.15) is 18.1 Å². The van der Waals surface area contributed by atoms with Crippen LogP contribution in [0, 0.1) is 0 Å². The van der Waals surface area contributed by atoms with Gasteiger partial charge in [0.1, 0.15) is 5.75 Å². The summed E-state index contributed by atoms with van der Waals surface area (Å²) in [5, 5.41) is 9.36. The molecule has 0 unspecified atom stereocenters. The smallest absolute Gasteiger partial charge is 0.416 e. The van der Waals surface area contributed by atoms with Gasteiger partial charge in [-0.1, -0.05) is 6.07 Å². The largest absolute Gasteiger partial charge is 0.508 e. The third kappa shape index (κ3) is 3.65. The molecule has 0 aliphatic heterocycles. The maximum absolute atomic E-state index is 12.3. The summed E-state index contributed by atoms with van der Waals surface area (Å²) in [7, 11) is 0. The molecule has 0 aliphatic carbocycles. The van der Waals surface area contributed by atoms with Gasteiger partial charge in [-0.2, -0.15) is 13.2 Å². The van der Waals surface area contributed by atoms with Crippen molar-refractivity contribution >= 4 is 5.97 Å². The van der Waals surface area contributed by atoms with E-state index in [1.165, 1.54) is 0 Å². The van der Waals surface area contributed by atoms with Crippen molar-refractivity contribution in [3.63, 3.8) is 0 Å². The second-order valence-corrected chi connectivity index (χ2v) is 3.32. The van der Waals surface area contributed by atoms with Gasteiger partial charge in [0.25, 0.3) is 0 Å². The fourth-order valence-corrected chi connectivity index (χ4v) is 1.26. The molecule has 0 aromatic heterocycles. The van der Waals surface area contributed by atoms with Crippen molar-refractivity contribution in [1.82, 2.24) is 0 Å². The van der Waals surface area contributed by atoms with E-state index in [0.29, 0.717) is 6.07 Å². The number of esters is 1. The monoisotopic (exact) mass is 248 g/mol. The molecule has 94 valence electrons. The second kappa shape index (κ2) is 5.07. The summed E-state index contributed by atoms with van der Waals surface area (Å²) in [4.78, 5) is 11.1. The number of alkyl halides is 3. The molecule has 0 amide bonds. The molecule has 3 nitrogen and oxygen atoms in total. The van der Waals surface area contributed by atoms with Gasteiger partial charge in [0.2, 0.25) is 0 Å². The van der Waals surface area contributed by atoms with E-state index in [9.17, 15) is 23.1 Å². The van der Waals surface area contributed by atoms with Gasteiger partial charge in [0, 0.05) is 5.56 Å². The van der Waals surface area contributed by atoms with Gasteiger partial charge in [-0.25, -0.2) is 0 Å². The van der Waals surface area contributed by atoms with Gasteiger partial charge in [0.05, 0.1) is 18.6 Å². The molecular weight excluding hydrogens is 237 g/mol. The van der Waals surface area contributed by atoms with Crippen LogP contribution in [0.3, 0.4) is 0 Å². The van der Waals surface area contributed by atoms with Gasteiger partial charge in [0.15, 0.2) is 0 Å². The zero-order valence-electron chi connectivity index (χ0n) is 9.04. The Bertz CT molecular complexity index is 413. The van der Waals surface area contributed by atoms with Gasteiger partial charge in [-0.3, -0.25) is 4.79 Å². The maximum Gasteiger partial charge on any atom is 0.416 e. The molecule has 1 rings (SSSR count). The summed E-state index contributed by atoms with van der Waals surface area (Å²) in [6.07, 6.45) is -4.77. The zero-order valence-corrected chi connectivity index (χ0v) is 9.04. The number of phenols is 1. The van der Waals surface area contributed by atoms with E-state index >= 15 is 0 Å². The standard InChI is InChI=1S/C11H11F3O3/c1-2-17-10(16)5-7-3-4-8(6-9(7)15)11(12,13)14/h3-4,6,15H,2,5H2,1H3. The van der Waals surface area contributed by atoms with Gasteiger partial charge >= 0.3 is 12.1 Å². The van der Waals surface area contributed by atoms with E-state index in [0.717, 1.165) is 12.1 Å². The Labute approximate surface area is 95.8 Å². The molecule has 6 heteroatoms. The highest BCUT2D eigenvalue weighted by Gasteiger charge is 2.31. The Balaban J connectivity index is 2.87. The number of rotatable bonds is 3. The molecule has 17 heavy (non-hydrogen) atoms. The van der Waals surface area contributed by atoms with Crippen LogP contribution in [-0.2, 0) is 22.1 Å². The van der Waals surface area contributed by atoms with Crippen molar-refractivity contribution in [2.24, 2.45) is 0 Å². The van der Waals surface area contributed by atoms with E-state index in [1.807, 2.05) is 0 Å². The molecule has 0 bridgehead atoms. The predicted octanol–water partition coefficient (Wildman–Crippen LogP) is 2.52. The lowest BCUT2D eigenvalue weighted by atomic mass is 10.1. The van der Waals surface area contributed by atoms with E-state index in [1.54, 1.807) is 6.92 Å². The lowest BCUT2D eigenvalue weighted by molar-refractivity contribution is -0.142. The highest BCUT2D eigenvalue weighted by Crippen LogP contribution is 2.32. The summed E-state index contributed by atoms with van der Waals surface area (Å²) in [5.74, 6) is -1.16. The summed E-state index contributed by atoms with van der Waals surface area (Å²) >= 11 is 0. The number of hydrogen-bond donors (Lipinski definition) is 1.